The zero-order chi connectivity index (χ0) is 26.2. The van der Waals surface area contributed by atoms with Gasteiger partial charge >= 0.3 is 5.97 Å². The minimum Gasteiger partial charge on any atom is -0.508 e. The molecular weight excluding hydrogens is 492 g/mol. The molecule has 3 aromatic rings. The van der Waals surface area contributed by atoms with E-state index in [1.54, 1.807) is 12.1 Å². The lowest BCUT2D eigenvalue weighted by Gasteiger charge is -2.16. The van der Waals surface area contributed by atoms with E-state index in [0.29, 0.717) is 5.56 Å². The molecule has 3 rings (SSSR count). The van der Waals surface area contributed by atoms with E-state index in [1.165, 1.54) is 48.7 Å². The average Bonchev–Trinajstić information content (AvgIpc) is 2.84. The highest BCUT2D eigenvalue weighted by Gasteiger charge is 2.24. The van der Waals surface area contributed by atoms with Gasteiger partial charge in [0.25, 0.3) is 23.3 Å². The summed E-state index contributed by atoms with van der Waals surface area (Å²) in [5.74, 6) is -3.49. The number of carboxylic acids is 1. The van der Waals surface area contributed by atoms with Crippen LogP contribution in [0.15, 0.2) is 65.6 Å². The number of nitrogens with one attached hydrogen (secondary N) is 4. The summed E-state index contributed by atoms with van der Waals surface area (Å²) in [4.78, 5) is 62.8. The maximum absolute atomic E-state index is 12.6. The lowest BCUT2D eigenvalue weighted by Crippen LogP contribution is -2.49. The largest absolute Gasteiger partial charge is 0.508 e. The molecule has 36 heavy (non-hydrogen) atoms. The van der Waals surface area contributed by atoms with Gasteiger partial charge in [-0.3, -0.25) is 19.2 Å². The lowest BCUT2D eigenvalue weighted by atomic mass is 10.1. The van der Waals surface area contributed by atoms with Crippen molar-refractivity contribution in [3.63, 3.8) is 0 Å². The molecule has 0 aliphatic rings. The number of hydrogen-bond donors (Lipinski definition) is 6. The van der Waals surface area contributed by atoms with Crippen LogP contribution in [0.5, 0.6) is 5.75 Å². The fourth-order valence-corrected chi connectivity index (χ4v) is 3.38. The molecule has 0 radical (unpaired) electrons. The number of carbonyl (C=O) groups excluding carboxylic acids is 3. The van der Waals surface area contributed by atoms with E-state index in [1.807, 2.05) is 0 Å². The van der Waals surface area contributed by atoms with Crippen molar-refractivity contribution in [2.75, 3.05) is 6.54 Å². The summed E-state index contributed by atoms with van der Waals surface area (Å²) >= 11 is 6.17. The first-order chi connectivity index (χ1) is 17.2. The summed E-state index contributed by atoms with van der Waals surface area (Å²) in [7, 11) is 0. The predicted molar refractivity (Wildman–Crippen MR) is 129 cm³/mol. The second-order valence-electron chi connectivity index (χ2n) is 7.53. The zero-order valence-electron chi connectivity index (χ0n) is 18.6. The highest BCUT2D eigenvalue weighted by atomic mass is 35.5. The maximum Gasteiger partial charge on any atom is 0.328 e. The smallest absolute Gasteiger partial charge is 0.328 e. The molecule has 0 unspecified atom stereocenters. The second-order valence-corrected chi connectivity index (χ2v) is 7.94. The molecular formula is C24H21ClN4O7. The summed E-state index contributed by atoms with van der Waals surface area (Å²) in [6, 6.07) is 11.4. The van der Waals surface area contributed by atoms with Crippen LogP contribution < -0.4 is 21.5 Å². The fraction of sp³-hybridized carbons (Fsp3) is 0.125. The number of aromatic nitrogens is 1. The van der Waals surface area contributed by atoms with E-state index in [2.05, 4.69) is 20.9 Å². The van der Waals surface area contributed by atoms with Crippen LogP contribution >= 0.6 is 11.6 Å². The number of phenols is 1. The summed E-state index contributed by atoms with van der Waals surface area (Å²) < 4.78 is 0. The molecule has 0 spiro atoms. The van der Waals surface area contributed by atoms with Gasteiger partial charge in [-0.15, -0.1) is 0 Å². The van der Waals surface area contributed by atoms with E-state index in [4.69, 9.17) is 11.6 Å². The van der Waals surface area contributed by atoms with Crippen LogP contribution in [-0.2, 0) is 11.3 Å². The highest BCUT2D eigenvalue weighted by molar-refractivity contribution is 6.34. The number of aromatic amines is 1. The Morgan fingerprint density at radius 2 is 1.69 bits per heavy atom. The number of rotatable bonds is 9. The van der Waals surface area contributed by atoms with E-state index in [0.717, 1.165) is 0 Å². The molecule has 0 bridgehead atoms. The minimum atomic E-state index is -1.52. The quantitative estimate of drug-likeness (QED) is 0.250. The van der Waals surface area contributed by atoms with Gasteiger partial charge < -0.3 is 31.1 Å². The Morgan fingerprint density at radius 1 is 0.917 bits per heavy atom. The SMILES string of the molecule is O=C(NCc1cccc(O)c1)c1ccc(C(=O)N[C@@H](CNC(=O)c2ccc[nH]c2=O)C(=O)O)c(Cl)c1. The summed E-state index contributed by atoms with van der Waals surface area (Å²) in [6.07, 6.45) is 1.34. The zero-order valence-corrected chi connectivity index (χ0v) is 19.3. The third-order valence-electron chi connectivity index (χ3n) is 4.97. The van der Waals surface area contributed by atoms with Crippen LogP contribution in [0.3, 0.4) is 0 Å². The molecule has 1 heterocycles. The first kappa shape index (κ1) is 26.0. The van der Waals surface area contributed by atoms with Crippen LogP contribution in [-0.4, -0.2) is 51.5 Å². The molecule has 0 aliphatic heterocycles. The molecule has 0 fully saturated rings. The van der Waals surface area contributed by atoms with Gasteiger partial charge in [0.15, 0.2) is 0 Å². The van der Waals surface area contributed by atoms with Gasteiger partial charge in [0.1, 0.15) is 17.4 Å². The van der Waals surface area contributed by atoms with Gasteiger partial charge in [-0.25, -0.2) is 4.79 Å². The number of carbonyl (C=O) groups is 4. The Bertz CT molecular complexity index is 1370. The molecule has 6 N–H and O–H groups in total. The molecule has 2 aromatic carbocycles. The molecule has 1 aromatic heterocycles. The summed E-state index contributed by atoms with van der Waals surface area (Å²) in [5, 5.41) is 26.0. The van der Waals surface area contributed by atoms with Crippen LogP contribution in [0, 0.1) is 0 Å². The number of aliphatic carboxylic acids is 1. The van der Waals surface area contributed by atoms with Crippen molar-refractivity contribution >= 4 is 35.3 Å². The third-order valence-corrected chi connectivity index (χ3v) is 5.29. The van der Waals surface area contributed by atoms with Gasteiger partial charge in [0.2, 0.25) is 0 Å². The third kappa shape index (κ3) is 6.70. The fourth-order valence-electron chi connectivity index (χ4n) is 3.12. The summed E-state index contributed by atoms with van der Waals surface area (Å²) in [5.41, 5.74) is -0.114. The number of benzene rings is 2. The van der Waals surface area contributed by atoms with Gasteiger partial charge in [-0.2, -0.15) is 0 Å². The van der Waals surface area contributed by atoms with Crippen molar-refractivity contribution in [3.8, 4) is 5.75 Å². The molecule has 1 atom stereocenters. The van der Waals surface area contributed by atoms with Gasteiger partial charge in [0.05, 0.1) is 10.6 Å². The van der Waals surface area contributed by atoms with E-state index in [-0.39, 0.29) is 34.0 Å². The normalized spacial score (nSPS) is 11.2. The number of carboxylic acid groups (broad SMARTS) is 1. The summed E-state index contributed by atoms with van der Waals surface area (Å²) in [6.45, 7) is -0.352. The topological polar surface area (TPSA) is 178 Å². The first-order valence-corrected chi connectivity index (χ1v) is 10.9. The van der Waals surface area contributed by atoms with Crippen molar-refractivity contribution in [2.45, 2.75) is 12.6 Å². The van der Waals surface area contributed by atoms with Crippen molar-refractivity contribution in [1.82, 2.24) is 20.9 Å². The number of hydrogen-bond acceptors (Lipinski definition) is 6. The highest BCUT2D eigenvalue weighted by Crippen LogP contribution is 2.19. The Labute approximate surface area is 209 Å². The predicted octanol–water partition coefficient (Wildman–Crippen LogP) is 1.28. The van der Waals surface area contributed by atoms with Gasteiger partial charge in [-0.1, -0.05) is 23.7 Å². The van der Waals surface area contributed by atoms with Crippen molar-refractivity contribution in [3.05, 3.63) is 98.4 Å². The van der Waals surface area contributed by atoms with E-state index < -0.39 is 41.8 Å². The minimum absolute atomic E-state index is 0.0631. The van der Waals surface area contributed by atoms with Crippen LogP contribution in [0.4, 0.5) is 0 Å². The van der Waals surface area contributed by atoms with Crippen LogP contribution in [0.1, 0.15) is 36.6 Å². The maximum atomic E-state index is 12.6. The molecule has 0 aliphatic carbocycles. The second kappa shape index (κ2) is 11.7. The van der Waals surface area contributed by atoms with E-state index >= 15 is 0 Å². The molecule has 0 saturated heterocycles. The van der Waals surface area contributed by atoms with Crippen LogP contribution in [0.2, 0.25) is 5.02 Å². The number of pyridine rings is 1. The molecule has 186 valence electrons. The number of halogens is 1. The van der Waals surface area contributed by atoms with Crippen LogP contribution in [0.25, 0.3) is 0 Å². The Kier molecular flexibility index (Phi) is 8.42. The number of amides is 3. The Hall–Kier alpha value is -4.64. The van der Waals surface area contributed by atoms with Crippen molar-refractivity contribution in [2.24, 2.45) is 0 Å². The van der Waals surface area contributed by atoms with Gasteiger partial charge in [0, 0.05) is 24.8 Å². The molecule has 12 heteroatoms. The monoisotopic (exact) mass is 512 g/mol. The molecule has 11 nitrogen and oxygen atoms in total. The number of H-pyrrole nitrogens is 1. The van der Waals surface area contributed by atoms with Crippen molar-refractivity contribution < 1.29 is 29.4 Å². The number of aromatic hydroxyl groups is 1. The first-order valence-electron chi connectivity index (χ1n) is 10.5. The van der Waals surface area contributed by atoms with E-state index in [9.17, 15) is 34.2 Å². The standard InChI is InChI=1S/C24H21ClN4O7/c25-18-10-14(20(31)27-11-13-3-1-4-15(30)9-13)6-7-16(18)23(34)29-19(24(35)36)12-28-22(33)17-5-2-8-26-21(17)32/h1-10,19,30H,11-12H2,(H,26,32)(H,27,31)(H,28,33)(H,29,34)(H,35,36)/t19-/m0/s1. The Balaban J connectivity index is 1.62. The average molecular weight is 513 g/mol. The molecule has 0 saturated carbocycles. The number of phenolic OH excluding ortho intramolecular Hbond substituents is 1. The Morgan fingerprint density at radius 3 is 2.36 bits per heavy atom. The lowest BCUT2D eigenvalue weighted by molar-refractivity contribution is -0.139. The molecule has 3 amide bonds. The van der Waals surface area contributed by atoms with Crippen molar-refractivity contribution in [1.29, 1.82) is 0 Å². The van der Waals surface area contributed by atoms with Gasteiger partial charge in [-0.05, 0) is 48.0 Å².